The zero-order valence-corrected chi connectivity index (χ0v) is 10.1. The van der Waals surface area contributed by atoms with E-state index in [1.165, 1.54) is 19.2 Å². The van der Waals surface area contributed by atoms with Crippen molar-refractivity contribution in [2.75, 3.05) is 5.32 Å². The van der Waals surface area contributed by atoms with Crippen LogP contribution in [-0.4, -0.2) is 22.0 Å². The summed E-state index contributed by atoms with van der Waals surface area (Å²) in [5, 5.41) is 10.6. The maximum Gasteiger partial charge on any atom is 0.300 e. The zero-order chi connectivity index (χ0) is 12.7. The second-order valence-corrected chi connectivity index (χ2v) is 3.48. The number of hydrogen-bond acceptors (Lipinski definition) is 3. The molecular weight excluding hydrogens is 255 g/mol. The van der Waals surface area contributed by atoms with Gasteiger partial charge in [-0.15, -0.1) is 0 Å². The molecule has 0 aliphatic heterocycles. The van der Waals surface area contributed by atoms with Crippen molar-refractivity contribution in [3.63, 3.8) is 0 Å². The Labute approximate surface area is 102 Å². The number of carboxylic acids is 1. The highest BCUT2D eigenvalue weighted by molar-refractivity contribution is 6.35. The average molecular weight is 265 g/mol. The highest BCUT2D eigenvalue weighted by Crippen LogP contribution is 2.22. The zero-order valence-electron chi connectivity index (χ0n) is 8.62. The van der Waals surface area contributed by atoms with Crippen LogP contribution in [0.1, 0.15) is 13.8 Å². The smallest absolute Gasteiger partial charge is 0.300 e. The summed E-state index contributed by atoms with van der Waals surface area (Å²) in [6, 6.07) is 1.49. The molecule has 0 aliphatic carbocycles. The molecule has 1 amide bonds. The van der Waals surface area contributed by atoms with Crippen LogP contribution in [-0.2, 0) is 9.59 Å². The number of hydrogen-bond donors (Lipinski definition) is 2. The summed E-state index contributed by atoms with van der Waals surface area (Å²) in [6.07, 6.45) is 1.38. The van der Waals surface area contributed by atoms with Crippen LogP contribution in [0.2, 0.25) is 10.2 Å². The summed E-state index contributed by atoms with van der Waals surface area (Å²) in [5.41, 5.74) is 0.476. The molecule has 0 fully saturated rings. The van der Waals surface area contributed by atoms with Gasteiger partial charge in [0, 0.05) is 26.1 Å². The molecule has 0 radical (unpaired) electrons. The molecule has 0 saturated heterocycles. The van der Waals surface area contributed by atoms with Gasteiger partial charge in [-0.05, 0) is 0 Å². The van der Waals surface area contributed by atoms with Crippen LogP contribution in [0.15, 0.2) is 12.3 Å². The van der Waals surface area contributed by atoms with Gasteiger partial charge in [0.1, 0.15) is 5.15 Å². The van der Waals surface area contributed by atoms with Crippen molar-refractivity contribution in [2.24, 2.45) is 0 Å². The van der Waals surface area contributed by atoms with E-state index in [2.05, 4.69) is 10.3 Å². The molecule has 0 unspecified atom stereocenters. The van der Waals surface area contributed by atoms with Crippen molar-refractivity contribution < 1.29 is 14.7 Å². The van der Waals surface area contributed by atoms with Gasteiger partial charge in [0.05, 0.1) is 10.7 Å². The SMILES string of the molecule is CC(=O)Nc1cc(Cl)ncc1Cl.CC(=O)O. The van der Waals surface area contributed by atoms with Crippen LogP contribution in [0, 0.1) is 0 Å². The van der Waals surface area contributed by atoms with Crippen molar-refractivity contribution in [3.05, 3.63) is 22.4 Å². The lowest BCUT2D eigenvalue weighted by Crippen LogP contribution is -2.06. The van der Waals surface area contributed by atoms with Crippen molar-refractivity contribution in [1.82, 2.24) is 4.98 Å². The number of carboxylic acid groups (broad SMARTS) is 1. The van der Waals surface area contributed by atoms with Gasteiger partial charge in [0.2, 0.25) is 5.91 Å². The van der Waals surface area contributed by atoms with Crippen molar-refractivity contribution in [1.29, 1.82) is 0 Å². The van der Waals surface area contributed by atoms with E-state index in [4.69, 9.17) is 33.1 Å². The monoisotopic (exact) mass is 264 g/mol. The van der Waals surface area contributed by atoms with Gasteiger partial charge in [0.25, 0.3) is 5.97 Å². The predicted molar refractivity (Wildman–Crippen MR) is 61.9 cm³/mol. The summed E-state index contributed by atoms with van der Waals surface area (Å²) in [6.45, 7) is 2.48. The molecule has 0 atom stereocenters. The van der Waals surface area contributed by atoms with Crippen molar-refractivity contribution in [2.45, 2.75) is 13.8 Å². The fraction of sp³-hybridized carbons (Fsp3) is 0.222. The predicted octanol–water partition coefficient (Wildman–Crippen LogP) is 2.44. The Bertz CT molecular complexity index is 392. The number of aromatic nitrogens is 1. The highest BCUT2D eigenvalue weighted by atomic mass is 35.5. The molecule has 5 nitrogen and oxygen atoms in total. The average Bonchev–Trinajstić information content (AvgIpc) is 2.09. The van der Waals surface area contributed by atoms with Gasteiger partial charge in [-0.1, -0.05) is 23.2 Å². The number of rotatable bonds is 1. The van der Waals surface area contributed by atoms with E-state index >= 15 is 0 Å². The fourth-order valence-corrected chi connectivity index (χ4v) is 1.01. The van der Waals surface area contributed by atoms with E-state index in [1.807, 2.05) is 0 Å². The first-order chi connectivity index (χ1) is 7.32. The molecule has 0 aromatic carbocycles. The molecule has 0 spiro atoms. The molecule has 0 saturated carbocycles. The lowest BCUT2D eigenvalue weighted by molar-refractivity contribution is -0.134. The number of carbonyl (C=O) groups is 2. The van der Waals surface area contributed by atoms with Gasteiger partial charge in [-0.3, -0.25) is 9.59 Å². The Kier molecular flexibility index (Phi) is 6.44. The highest BCUT2D eigenvalue weighted by Gasteiger charge is 2.02. The summed E-state index contributed by atoms with van der Waals surface area (Å²) >= 11 is 11.3. The molecule has 0 aliphatic rings. The molecule has 88 valence electrons. The molecule has 2 N–H and O–H groups in total. The first-order valence-electron chi connectivity index (χ1n) is 4.11. The van der Waals surface area contributed by atoms with Crippen LogP contribution < -0.4 is 5.32 Å². The molecule has 1 aromatic rings. The van der Waals surface area contributed by atoms with Crippen LogP contribution in [0.4, 0.5) is 5.69 Å². The maximum absolute atomic E-state index is 10.6. The second kappa shape index (κ2) is 7.03. The van der Waals surface area contributed by atoms with Gasteiger partial charge < -0.3 is 10.4 Å². The van der Waals surface area contributed by atoms with Crippen LogP contribution >= 0.6 is 23.2 Å². The van der Waals surface area contributed by atoms with E-state index in [9.17, 15) is 4.79 Å². The quantitative estimate of drug-likeness (QED) is 0.764. The van der Waals surface area contributed by atoms with Gasteiger partial charge in [-0.2, -0.15) is 0 Å². The Morgan fingerprint density at radius 2 is 1.88 bits per heavy atom. The summed E-state index contributed by atoms with van der Waals surface area (Å²) in [7, 11) is 0. The molecule has 16 heavy (non-hydrogen) atoms. The minimum atomic E-state index is -0.833. The number of halogens is 2. The second-order valence-electron chi connectivity index (χ2n) is 2.69. The maximum atomic E-state index is 10.6. The Morgan fingerprint density at radius 1 is 1.38 bits per heavy atom. The van der Waals surface area contributed by atoms with Gasteiger partial charge >= 0.3 is 0 Å². The van der Waals surface area contributed by atoms with Crippen molar-refractivity contribution >= 4 is 40.8 Å². The summed E-state index contributed by atoms with van der Waals surface area (Å²) in [4.78, 5) is 23.4. The van der Waals surface area contributed by atoms with E-state index in [1.54, 1.807) is 0 Å². The van der Waals surface area contributed by atoms with Crippen LogP contribution in [0.5, 0.6) is 0 Å². The van der Waals surface area contributed by atoms with Gasteiger partial charge in [-0.25, -0.2) is 4.98 Å². The van der Waals surface area contributed by atoms with E-state index in [-0.39, 0.29) is 5.91 Å². The Morgan fingerprint density at radius 3 is 2.31 bits per heavy atom. The minimum absolute atomic E-state index is 0.195. The molecule has 1 aromatic heterocycles. The number of amides is 1. The third-order valence-electron chi connectivity index (χ3n) is 1.13. The standard InChI is InChI=1S/C7H6Cl2N2O.C2H4O2/c1-4(12)11-6-2-7(9)10-3-5(6)8;1-2(3)4/h2-3H,1H3,(H,10,11,12);1H3,(H,3,4). The third-order valence-corrected chi connectivity index (χ3v) is 1.64. The Hall–Kier alpha value is -1.33. The number of nitrogens with one attached hydrogen (secondary N) is 1. The molecule has 1 heterocycles. The molecule has 0 bridgehead atoms. The molecular formula is C9H10Cl2N2O3. The van der Waals surface area contributed by atoms with Gasteiger partial charge in [0.15, 0.2) is 0 Å². The fourth-order valence-electron chi connectivity index (χ4n) is 0.699. The lowest BCUT2D eigenvalue weighted by atomic mass is 10.4. The minimum Gasteiger partial charge on any atom is -0.481 e. The summed E-state index contributed by atoms with van der Waals surface area (Å²) in [5.74, 6) is -1.03. The first-order valence-corrected chi connectivity index (χ1v) is 4.86. The van der Waals surface area contributed by atoms with Crippen LogP contribution in [0.3, 0.4) is 0 Å². The first kappa shape index (κ1) is 14.7. The lowest BCUT2D eigenvalue weighted by Gasteiger charge is -2.03. The van der Waals surface area contributed by atoms with Crippen molar-refractivity contribution in [3.8, 4) is 0 Å². The van der Waals surface area contributed by atoms with E-state index < -0.39 is 5.97 Å². The number of pyridine rings is 1. The molecule has 1 rings (SSSR count). The molecule has 7 heteroatoms. The number of anilines is 1. The topological polar surface area (TPSA) is 79.3 Å². The number of nitrogens with zero attached hydrogens (tertiary/aromatic N) is 1. The van der Waals surface area contributed by atoms with E-state index in [0.29, 0.717) is 15.9 Å². The largest absolute Gasteiger partial charge is 0.481 e. The van der Waals surface area contributed by atoms with Crippen LogP contribution in [0.25, 0.3) is 0 Å². The normalized spacial score (nSPS) is 8.75. The summed E-state index contributed by atoms with van der Waals surface area (Å²) < 4.78 is 0. The third kappa shape index (κ3) is 7.03. The van der Waals surface area contributed by atoms with E-state index in [0.717, 1.165) is 6.92 Å². The number of aliphatic carboxylic acids is 1. The number of carbonyl (C=O) groups excluding carboxylic acids is 1. The Balaban J connectivity index is 0.000000487.